The summed E-state index contributed by atoms with van der Waals surface area (Å²) in [6, 6.07) is 1.44. The van der Waals surface area contributed by atoms with Crippen LogP contribution in [-0.2, 0) is 22.7 Å². The van der Waals surface area contributed by atoms with Crippen molar-refractivity contribution in [1.82, 2.24) is 5.16 Å². The van der Waals surface area contributed by atoms with Crippen molar-refractivity contribution >= 4 is 11.6 Å². The molecule has 2 heterocycles. The fraction of sp³-hybridized carbons (Fsp3) is 0.500. The van der Waals surface area contributed by atoms with Crippen LogP contribution in [0.25, 0.3) is 0 Å². The molecule has 17 heavy (non-hydrogen) atoms. The summed E-state index contributed by atoms with van der Waals surface area (Å²) in [6.07, 6.45) is 0.797. The number of carbonyl (C=O) groups excluding carboxylic acids is 1. The number of azo groups is 1. The van der Waals surface area contributed by atoms with Crippen molar-refractivity contribution in [2.75, 3.05) is 0 Å². The Balaban J connectivity index is 1.91. The molecule has 1 aromatic heterocycles. The number of aryl methyl sites for hydroxylation is 1. The number of rotatable bonds is 4. The second-order valence-corrected chi connectivity index (χ2v) is 3.58. The van der Waals surface area contributed by atoms with Crippen molar-refractivity contribution in [3.05, 3.63) is 17.5 Å². The van der Waals surface area contributed by atoms with Gasteiger partial charge < -0.3 is 9.36 Å². The number of carbonyl (C=O) groups is 1. The monoisotopic (exact) mass is 236 g/mol. The summed E-state index contributed by atoms with van der Waals surface area (Å²) in [7, 11) is 0. The Morgan fingerprint density at radius 2 is 2.41 bits per heavy atom. The van der Waals surface area contributed by atoms with Crippen LogP contribution in [0.5, 0.6) is 0 Å². The van der Waals surface area contributed by atoms with E-state index in [-0.39, 0.29) is 18.4 Å². The van der Waals surface area contributed by atoms with Gasteiger partial charge in [-0.1, -0.05) is 17.2 Å². The van der Waals surface area contributed by atoms with Crippen LogP contribution in [0, 0.1) is 0 Å². The number of hydrogen-bond acceptors (Lipinski definition) is 6. The first-order valence-electron chi connectivity index (χ1n) is 5.30. The van der Waals surface area contributed by atoms with Crippen LogP contribution in [-0.4, -0.2) is 22.8 Å². The molecule has 1 aliphatic rings. The molecule has 1 aromatic rings. The number of amides is 1. The summed E-state index contributed by atoms with van der Waals surface area (Å²) in [5.74, 6) is 0.113. The molecule has 0 fully saturated rings. The lowest BCUT2D eigenvalue weighted by atomic mass is 10.2. The lowest BCUT2D eigenvalue weighted by Gasteiger charge is -1.98. The third kappa shape index (κ3) is 2.55. The van der Waals surface area contributed by atoms with Gasteiger partial charge >= 0.3 is 5.91 Å². The molecule has 1 unspecified atom stereocenters. The molecular weight excluding hydrogens is 224 g/mol. The first-order valence-corrected chi connectivity index (χ1v) is 5.30. The van der Waals surface area contributed by atoms with Crippen molar-refractivity contribution in [1.29, 1.82) is 0 Å². The van der Waals surface area contributed by atoms with E-state index >= 15 is 0 Å². The molecule has 0 saturated carbocycles. The first kappa shape index (κ1) is 11.4. The van der Waals surface area contributed by atoms with Crippen LogP contribution in [0.3, 0.4) is 0 Å². The Hall–Kier alpha value is -2.05. The molecule has 90 valence electrons. The van der Waals surface area contributed by atoms with Crippen LogP contribution in [0.15, 0.2) is 26.0 Å². The molecule has 0 aromatic carbocycles. The SMILES string of the molecule is CCc1cc(CON=C2C(=O)N=NC2C)on1. The summed E-state index contributed by atoms with van der Waals surface area (Å²) < 4.78 is 5.00. The molecule has 1 atom stereocenters. The molecule has 7 nitrogen and oxygen atoms in total. The molecule has 0 radical (unpaired) electrons. The van der Waals surface area contributed by atoms with Gasteiger partial charge in [0.25, 0.3) is 0 Å². The zero-order chi connectivity index (χ0) is 12.3. The summed E-state index contributed by atoms with van der Waals surface area (Å²) in [5, 5.41) is 14.6. The summed E-state index contributed by atoms with van der Waals surface area (Å²) in [4.78, 5) is 16.2. The van der Waals surface area contributed by atoms with Crippen molar-refractivity contribution < 1.29 is 14.2 Å². The minimum Gasteiger partial charge on any atom is -0.387 e. The largest absolute Gasteiger partial charge is 0.387 e. The maximum atomic E-state index is 11.2. The van der Waals surface area contributed by atoms with E-state index in [1.165, 1.54) is 0 Å². The Morgan fingerprint density at radius 3 is 3.00 bits per heavy atom. The summed E-state index contributed by atoms with van der Waals surface area (Å²) >= 11 is 0. The van der Waals surface area contributed by atoms with Gasteiger partial charge in [0.05, 0.1) is 5.69 Å². The van der Waals surface area contributed by atoms with Crippen LogP contribution >= 0.6 is 0 Å². The third-order valence-electron chi connectivity index (χ3n) is 2.28. The molecule has 1 amide bonds. The van der Waals surface area contributed by atoms with Gasteiger partial charge in [-0.2, -0.15) is 5.11 Å². The standard InChI is InChI=1S/C10H12N4O3/c1-3-7-4-8(17-13-7)5-16-14-9-6(2)11-12-10(9)15/h4,6H,3,5H2,1-2H3. The average Bonchev–Trinajstić information content (AvgIpc) is 2.90. The lowest BCUT2D eigenvalue weighted by molar-refractivity contribution is -0.112. The van der Waals surface area contributed by atoms with E-state index in [0.717, 1.165) is 12.1 Å². The molecule has 0 N–H and O–H groups in total. The Labute approximate surface area is 97.5 Å². The van der Waals surface area contributed by atoms with E-state index < -0.39 is 5.91 Å². The third-order valence-corrected chi connectivity index (χ3v) is 2.28. The predicted octanol–water partition coefficient (Wildman–Crippen LogP) is 1.49. The van der Waals surface area contributed by atoms with Crippen molar-refractivity contribution in [3.8, 4) is 0 Å². The van der Waals surface area contributed by atoms with Crippen LogP contribution in [0.1, 0.15) is 25.3 Å². The van der Waals surface area contributed by atoms with E-state index in [1.807, 2.05) is 6.92 Å². The fourth-order valence-corrected chi connectivity index (χ4v) is 1.29. The maximum Gasteiger partial charge on any atom is 0.315 e. The van der Waals surface area contributed by atoms with Gasteiger partial charge in [-0.05, 0) is 13.3 Å². The van der Waals surface area contributed by atoms with E-state index in [2.05, 4.69) is 20.5 Å². The zero-order valence-electron chi connectivity index (χ0n) is 9.58. The fourth-order valence-electron chi connectivity index (χ4n) is 1.29. The van der Waals surface area contributed by atoms with Gasteiger partial charge in [0.1, 0.15) is 6.04 Å². The second-order valence-electron chi connectivity index (χ2n) is 3.58. The Bertz CT molecular complexity index is 478. The highest BCUT2D eigenvalue weighted by molar-refractivity contribution is 6.42. The normalized spacial score (nSPS) is 21.4. The minimum absolute atomic E-state index is 0.135. The first-order chi connectivity index (χ1) is 8.20. The number of hydrogen-bond donors (Lipinski definition) is 0. The van der Waals surface area contributed by atoms with Crippen LogP contribution < -0.4 is 0 Å². The van der Waals surface area contributed by atoms with Crippen molar-refractivity contribution in [2.45, 2.75) is 32.9 Å². The quantitative estimate of drug-likeness (QED) is 0.740. The van der Waals surface area contributed by atoms with Gasteiger partial charge in [-0.25, -0.2) is 0 Å². The smallest absolute Gasteiger partial charge is 0.315 e. The van der Waals surface area contributed by atoms with E-state index in [0.29, 0.717) is 5.76 Å². The molecule has 0 spiro atoms. The van der Waals surface area contributed by atoms with Gasteiger partial charge in [-0.3, -0.25) is 4.79 Å². The highest BCUT2D eigenvalue weighted by Crippen LogP contribution is 2.09. The highest BCUT2D eigenvalue weighted by Gasteiger charge is 2.25. The lowest BCUT2D eigenvalue weighted by Crippen LogP contribution is -2.17. The molecule has 7 heteroatoms. The molecule has 1 aliphatic heterocycles. The second kappa shape index (κ2) is 4.86. The average molecular weight is 236 g/mol. The number of nitrogens with zero attached hydrogens (tertiary/aromatic N) is 4. The maximum absolute atomic E-state index is 11.2. The Morgan fingerprint density at radius 1 is 1.59 bits per heavy atom. The number of aromatic nitrogens is 1. The van der Waals surface area contributed by atoms with E-state index in [4.69, 9.17) is 9.36 Å². The van der Waals surface area contributed by atoms with Gasteiger partial charge in [0, 0.05) is 6.07 Å². The highest BCUT2D eigenvalue weighted by atomic mass is 16.6. The van der Waals surface area contributed by atoms with Gasteiger partial charge in [0.15, 0.2) is 18.1 Å². The molecule has 0 bridgehead atoms. The predicted molar refractivity (Wildman–Crippen MR) is 57.4 cm³/mol. The van der Waals surface area contributed by atoms with Crippen molar-refractivity contribution in [3.63, 3.8) is 0 Å². The summed E-state index contributed by atoms with van der Waals surface area (Å²) in [5.41, 5.74) is 1.06. The van der Waals surface area contributed by atoms with Crippen molar-refractivity contribution in [2.24, 2.45) is 15.4 Å². The van der Waals surface area contributed by atoms with Crippen LogP contribution in [0.2, 0.25) is 0 Å². The Kier molecular flexibility index (Phi) is 3.27. The minimum atomic E-state index is -0.454. The van der Waals surface area contributed by atoms with Gasteiger partial charge in [-0.15, -0.1) is 5.11 Å². The molecule has 0 aliphatic carbocycles. The number of oxime groups is 1. The van der Waals surface area contributed by atoms with E-state index in [9.17, 15) is 4.79 Å². The van der Waals surface area contributed by atoms with Crippen LogP contribution in [0.4, 0.5) is 0 Å². The molecular formula is C10H12N4O3. The van der Waals surface area contributed by atoms with Gasteiger partial charge in [0.2, 0.25) is 0 Å². The summed E-state index contributed by atoms with van der Waals surface area (Å²) in [6.45, 7) is 3.83. The zero-order valence-corrected chi connectivity index (χ0v) is 9.58. The van der Waals surface area contributed by atoms with E-state index in [1.54, 1.807) is 13.0 Å². The topological polar surface area (TPSA) is 89.4 Å². The molecule has 2 rings (SSSR count). The molecule has 0 saturated heterocycles.